The molecule has 3 nitrogen and oxygen atoms in total. The molecule has 1 aliphatic rings. The zero-order chi connectivity index (χ0) is 13.3. The van der Waals surface area contributed by atoms with Crippen molar-refractivity contribution in [2.24, 2.45) is 5.92 Å². The summed E-state index contributed by atoms with van der Waals surface area (Å²) in [6, 6.07) is 2.24. The fraction of sp³-hybridized carbons (Fsp3) is 0.417. The zero-order valence-electron chi connectivity index (χ0n) is 11.2. The van der Waals surface area contributed by atoms with Crippen molar-refractivity contribution in [2.45, 2.75) is 19.4 Å². The first-order valence-electron chi connectivity index (χ1n) is 5.68. The lowest BCUT2D eigenvalue weighted by Crippen LogP contribution is -2.32. The van der Waals surface area contributed by atoms with E-state index < -0.39 is 16.7 Å². The van der Waals surface area contributed by atoms with E-state index >= 15 is 0 Å². The van der Waals surface area contributed by atoms with Crippen molar-refractivity contribution in [1.82, 2.24) is 5.32 Å². The highest BCUT2D eigenvalue weighted by Gasteiger charge is 2.30. The molecule has 1 amide bonds. The zero-order valence-corrected chi connectivity index (χ0v) is 14.7. The van der Waals surface area contributed by atoms with E-state index in [-0.39, 0.29) is 63.0 Å². The van der Waals surface area contributed by atoms with Crippen LogP contribution in [0.15, 0.2) is 12.1 Å². The molecule has 0 bridgehead atoms. The molecular formula is C12H18Cl2F2N2OS2. The molecule has 0 aliphatic carbocycles. The van der Waals surface area contributed by atoms with Gasteiger partial charge in [-0.15, -0.1) is 12.4 Å². The third kappa shape index (κ3) is 5.17. The van der Waals surface area contributed by atoms with Crippen molar-refractivity contribution < 1.29 is 13.6 Å². The lowest BCUT2D eigenvalue weighted by Gasteiger charge is -2.15. The van der Waals surface area contributed by atoms with Gasteiger partial charge in [0, 0.05) is 6.04 Å². The first-order chi connectivity index (χ1) is 8.50. The molecule has 0 saturated carbocycles. The summed E-state index contributed by atoms with van der Waals surface area (Å²) < 4.78 is 26.6. The summed E-state index contributed by atoms with van der Waals surface area (Å²) in [5.41, 5.74) is -0.0921. The molecule has 21 heavy (non-hydrogen) atoms. The van der Waals surface area contributed by atoms with Gasteiger partial charge in [0.2, 0.25) is 5.91 Å². The van der Waals surface area contributed by atoms with Crippen molar-refractivity contribution in [1.29, 1.82) is 0 Å². The Labute approximate surface area is 147 Å². The van der Waals surface area contributed by atoms with Crippen molar-refractivity contribution in [2.75, 3.05) is 11.9 Å². The molecule has 2 atom stereocenters. The topological polar surface area (TPSA) is 41.1 Å². The molecule has 1 aliphatic heterocycles. The molecule has 9 heteroatoms. The van der Waals surface area contributed by atoms with Crippen LogP contribution in [0, 0.1) is 17.6 Å². The number of amides is 1. The van der Waals surface area contributed by atoms with Crippen molar-refractivity contribution in [3.8, 4) is 0 Å². The lowest BCUT2D eigenvalue weighted by atomic mass is 10.0. The highest BCUT2D eigenvalue weighted by atomic mass is 35.5. The minimum absolute atomic E-state index is 0. The van der Waals surface area contributed by atoms with Crippen molar-refractivity contribution in [3.63, 3.8) is 0 Å². The van der Waals surface area contributed by atoms with Gasteiger partial charge in [-0.3, -0.25) is 4.79 Å². The number of anilines is 1. The third-order valence-corrected chi connectivity index (χ3v) is 3.50. The van der Waals surface area contributed by atoms with E-state index in [1.807, 2.05) is 6.92 Å². The fourth-order valence-corrected chi connectivity index (χ4v) is 2.23. The van der Waals surface area contributed by atoms with E-state index in [4.69, 9.17) is 11.6 Å². The maximum atomic E-state index is 13.6. The molecule has 0 aromatic heterocycles. The number of rotatable bonds is 2. The number of benzene rings is 1. The maximum Gasteiger partial charge on any atom is 0.229 e. The van der Waals surface area contributed by atoms with Gasteiger partial charge in [-0.2, -0.15) is 27.0 Å². The van der Waals surface area contributed by atoms with E-state index in [9.17, 15) is 13.6 Å². The van der Waals surface area contributed by atoms with Crippen LogP contribution in [0.3, 0.4) is 0 Å². The number of hydrogen-bond donors (Lipinski definition) is 2. The highest BCUT2D eigenvalue weighted by molar-refractivity contribution is 7.59. The van der Waals surface area contributed by atoms with Crippen LogP contribution in [0.2, 0.25) is 5.02 Å². The second-order valence-electron chi connectivity index (χ2n) is 4.35. The van der Waals surface area contributed by atoms with Gasteiger partial charge >= 0.3 is 0 Å². The quantitative estimate of drug-likeness (QED) is 0.775. The molecule has 1 heterocycles. The lowest BCUT2D eigenvalue weighted by molar-refractivity contribution is -0.120. The minimum Gasteiger partial charge on any atom is -0.323 e. The third-order valence-electron chi connectivity index (χ3n) is 3.16. The molecule has 0 radical (unpaired) electrons. The van der Waals surface area contributed by atoms with Crippen LogP contribution in [0.25, 0.3) is 0 Å². The van der Waals surface area contributed by atoms with Gasteiger partial charge in [-0.25, -0.2) is 8.78 Å². The van der Waals surface area contributed by atoms with Gasteiger partial charge in [0.05, 0.1) is 11.6 Å². The number of nitrogens with one attached hydrogen (secondary N) is 2. The standard InChI is InChI=1S/C12H13ClF2N2O.ClH.2H2S/c1-6-7(4-5-16-6)12(18)17-9-3-2-8(14)10(13)11(9)15;;;/h2-3,6-7,16H,4-5H2,1H3,(H,17,18);1H;2*1H2/t6-,7-;;;/m0.../s1. The van der Waals surface area contributed by atoms with Crippen LogP contribution >= 0.6 is 51.0 Å². The average Bonchev–Trinajstić information content (AvgIpc) is 2.76. The first kappa shape index (κ1) is 23.1. The predicted octanol–water partition coefficient (Wildman–Crippen LogP) is 3.20. The SMILES string of the molecule is C[C@@H]1NCC[C@@H]1C(=O)Nc1ccc(F)c(Cl)c1F.Cl.S.S. The second-order valence-corrected chi connectivity index (χ2v) is 4.73. The van der Waals surface area contributed by atoms with Crippen molar-refractivity contribution >= 4 is 62.6 Å². The van der Waals surface area contributed by atoms with Gasteiger partial charge in [-0.05, 0) is 32.0 Å². The summed E-state index contributed by atoms with van der Waals surface area (Å²) in [6.07, 6.45) is 0.698. The van der Waals surface area contributed by atoms with Crippen molar-refractivity contribution in [3.05, 3.63) is 28.8 Å². The Morgan fingerprint density at radius 1 is 1.38 bits per heavy atom. The predicted molar refractivity (Wildman–Crippen MR) is 93.6 cm³/mol. The second kappa shape index (κ2) is 9.74. The van der Waals surface area contributed by atoms with E-state index in [1.54, 1.807) is 0 Å². The fourth-order valence-electron chi connectivity index (χ4n) is 2.06. The first-order valence-corrected chi connectivity index (χ1v) is 6.06. The van der Waals surface area contributed by atoms with Crippen LogP contribution in [0.5, 0.6) is 0 Å². The number of carbonyl (C=O) groups excluding carboxylic acids is 1. The Kier molecular flexibility index (Phi) is 10.7. The summed E-state index contributed by atoms with van der Waals surface area (Å²) in [6.45, 7) is 2.65. The number of carbonyl (C=O) groups is 1. The molecule has 1 aromatic rings. The van der Waals surface area contributed by atoms with Gasteiger partial charge in [0.25, 0.3) is 0 Å². The summed E-state index contributed by atoms with van der Waals surface area (Å²) >= 11 is 5.44. The summed E-state index contributed by atoms with van der Waals surface area (Å²) in [7, 11) is 0. The smallest absolute Gasteiger partial charge is 0.229 e. The van der Waals surface area contributed by atoms with Gasteiger partial charge in [0.1, 0.15) is 10.8 Å². The van der Waals surface area contributed by atoms with Crippen LogP contribution in [0.4, 0.5) is 14.5 Å². The molecule has 1 fully saturated rings. The van der Waals surface area contributed by atoms with Gasteiger partial charge in [-0.1, -0.05) is 11.6 Å². The average molecular weight is 379 g/mol. The molecule has 1 saturated heterocycles. The van der Waals surface area contributed by atoms with E-state index in [0.29, 0.717) is 6.42 Å². The van der Waals surface area contributed by atoms with E-state index in [1.165, 1.54) is 6.07 Å². The van der Waals surface area contributed by atoms with E-state index in [0.717, 1.165) is 12.6 Å². The largest absolute Gasteiger partial charge is 0.323 e. The minimum atomic E-state index is -0.941. The number of halogens is 4. The van der Waals surface area contributed by atoms with Gasteiger partial charge in [0.15, 0.2) is 5.82 Å². The monoisotopic (exact) mass is 378 g/mol. The Balaban J connectivity index is 0. The molecule has 2 rings (SSSR count). The molecule has 0 spiro atoms. The summed E-state index contributed by atoms with van der Waals surface area (Å²) in [5.74, 6) is -2.28. The summed E-state index contributed by atoms with van der Waals surface area (Å²) in [5, 5.41) is 4.97. The Morgan fingerprint density at radius 3 is 2.52 bits per heavy atom. The Bertz CT molecular complexity index is 495. The molecular weight excluding hydrogens is 361 g/mol. The van der Waals surface area contributed by atoms with Crippen LogP contribution in [0.1, 0.15) is 13.3 Å². The summed E-state index contributed by atoms with van der Waals surface area (Å²) in [4.78, 5) is 11.9. The molecule has 0 unspecified atom stereocenters. The molecule has 122 valence electrons. The maximum absolute atomic E-state index is 13.6. The van der Waals surface area contributed by atoms with Gasteiger partial charge < -0.3 is 10.6 Å². The van der Waals surface area contributed by atoms with Crippen LogP contribution in [-0.4, -0.2) is 18.5 Å². The Hall–Kier alpha value is -0.210. The van der Waals surface area contributed by atoms with Crippen LogP contribution in [-0.2, 0) is 4.79 Å². The normalized spacial score (nSPS) is 19.8. The van der Waals surface area contributed by atoms with E-state index in [2.05, 4.69) is 10.6 Å². The molecule has 1 aromatic carbocycles. The number of hydrogen-bond acceptors (Lipinski definition) is 2. The Morgan fingerprint density at radius 2 is 2.00 bits per heavy atom. The highest BCUT2D eigenvalue weighted by Crippen LogP contribution is 2.26. The van der Waals surface area contributed by atoms with Crippen LogP contribution < -0.4 is 10.6 Å². The molecule has 2 N–H and O–H groups in total.